The van der Waals surface area contributed by atoms with Crippen LogP contribution in [0.5, 0.6) is 0 Å². The normalized spacial score (nSPS) is 15.7. The second-order valence-electron chi connectivity index (χ2n) is 6.62. The summed E-state index contributed by atoms with van der Waals surface area (Å²) in [4.78, 5) is 8.93. The van der Waals surface area contributed by atoms with Gasteiger partial charge in [-0.3, -0.25) is 4.99 Å². The lowest BCUT2D eigenvalue weighted by molar-refractivity contribution is 0.373. The number of aliphatic imine (C=N–C) groups is 1. The van der Waals surface area contributed by atoms with Crippen molar-refractivity contribution < 1.29 is 8.42 Å². The molecule has 0 bridgehead atoms. The highest BCUT2D eigenvalue weighted by atomic mass is 32.2. The van der Waals surface area contributed by atoms with Crippen molar-refractivity contribution in [2.75, 3.05) is 51.2 Å². The number of benzene rings is 1. The van der Waals surface area contributed by atoms with E-state index in [2.05, 4.69) is 56.0 Å². The molecule has 1 fully saturated rings. The number of guanidine groups is 1. The number of rotatable bonds is 6. The van der Waals surface area contributed by atoms with Crippen molar-refractivity contribution >= 4 is 33.0 Å². The number of nitrogens with one attached hydrogen (secondary N) is 2. The first-order chi connectivity index (χ1) is 13.5. The van der Waals surface area contributed by atoms with Crippen molar-refractivity contribution in [3.05, 3.63) is 47.3 Å². The summed E-state index contributed by atoms with van der Waals surface area (Å²) < 4.78 is 27.2. The molecule has 0 atom stereocenters. The van der Waals surface area contributed by atoms with Crippen LogP contribution in [-0.4, -0.2) is 65.6 Å². The second-order valence-corrected chi connectivity index (χ2v) is 9.56. The molecule has 1 aliphatic heterocycles. The summed E-state index contributed by atoms with van der Waals surface area (Å²) in [6, 6.07) is 11.9. The van der Waals surface area contributed by atoms with Gasteiger partial charge < -0.3 is 15.1 Å². The third-order valence-corrected chi connectivity index (χ3v) is 7.48. The smallest absolute Gasteiger partial charge is 0.250 e. The standard InChI is InChI=1S/C19H27N5O2S2/c1-16-5-3-6-17(15-16)23-10-12-24(13-11-23)19(20-2)21-8-9-22-28(25,26)18-7-4-14-27-18/h3-7,14-15,22H,8-13H2,1-2H3,(H,20,21). The molecule has 0 radical (unpaired) electrons. The van der Waals surface area contributed by atoms with E-state index in [-0.39, 0.29) is 0 Å². The molecule has 0 aliphatic carbocycles. The van der Waals surface area contributed by atoms with E-state index in [0.717, 1.165) is 32.1 Å². The lowest BCUT2D eigenvalue weighted by Gasteiger charge is -2.37. The van der Waals surface area contributed by atoms with Gasteiger partial charge in [0, 0.05) is 52.0 Å². The first kappa shape index (κ1) is 20.6. The van der Waals surface area contributed by atoms with Crippen LogP contribution in [0.1, 0.15) is 5.56 Å². The molecule has 0 saturated carbocycles. The summed E-state index contributed by atoms with van der Waals surface area (Å²) in [6.07, 6.45) is 0. The zero-order valence-electron chi connectivity index (χ0n) is 16.3. The molecule has 1 aromatic heterocycles. The van der Waals surface area contributed by atoms with E-state index in [1.807, 2.05) is 0 Å². The van der Waals surface area contributed by atoms with Gasteiger partial charge in [-0.25, -0.2) is 13.1 Å². The fourth-order valence-electron chi connectivity index (χ4n) is 3.18. The quantitative estimate of drug-likeness (QED) is 0.422. The zero-order valence-corrected chi connectivity index (χ0v) is 17.9. The summed E-state index contributed by atoms with van der Waals surface area (Å²) in [5.41, 5.74) is 2.52. The molecule has 7 nitrogen and oxygen atoms in total. The van der Waals surface area contributed by atoms with Gasteiger partial charge in [-0.15, -0.1) is 11.3 Å². The molecule has 152 valence electrons. The molecular weight excluding hydrogens is 394 g/mol. The van der Waals surface area contributed by atoms with Gasteiger partial charge in [0.05, 0.1) is 0 Å². The minimum Gasteiger partial charge on any atom is -0.368 e. The van der Waals surface area contributed by atoms with Crippen molar-refractivity contribution in [3.63, 3.8) is 0 Å². The molecule has 0 unspecified atom stereocenters. The Kier molecular flexibility index (Phi) is 6.93. The Morgan fingerprint density at radius 2 is 1.93 bits per heavy atom. The highest BCUT2D eigenvalue weighted by molar-refractivity contribution is 7.91. The molecular formula is C19H27N5O2S2. The van der Waals surface area contributed by atoms with Gasteiger partial charge in [0.15, 0.2) is 5.96 Å². The Morgan fingerprint density at radius 3 is 2.57 bits per heavy atom. The van der Waals surface area contributed by atoms with Gasteiger partial charge in [0.1, 0.15) is 4.21 Å². The van der Waals surface area contributed by atoms with Crippen molar-refractivity contribution in [2.45, 2.75) is 11.1 Å². The number of hydrogen-bond donors (Lipinski definition) is 2. The van der Waals surface area contributed by atoms with Crippen LogP contribution in [0, 0.1) is 6.92 Å². The van der Waals surface area contributed by atoms with Crippen LogP contribution in [0.2, 0.25) is 0 Å². The van der Waals surface area contributed by atoms with E-state index in [9.17, 15) is 8.42 Å². The summed E-state index contributed by atoms with van der Waals surface area (Å²) >= 11 is 1.21. The Labute approximate surface area is 171 Å². The number of thiophene rings is 1. The molecule has 3 rings (SSSR count). The highest BCUT2D eigenvalue weighted by Gasteiger charge is 2.20. The summed E-state index contributed by atoms with van der Waals surface area (Å²) in [5.74, 6) is 0.805. The van der Waals surface area contributed by atoms with Crippen molar-refractivity contribution in [1.29, 1.82) is 0 Å². The first-order valence-corrected chi connectivity index (χ1v) is 11.7. The summed E-state index contributed by atoms with van der Waals surface area (Å²) in [7, 11) is -1.66. The number of hydrogen-bond acceptors (Lipinski definition) is 5. The van der Waals surface area contributed by atoms with E-state index in [1.54, 1.807) is 24.6 Å². The molecule has 0 amide bonds. The van der Waals surface area contributed by atoms with Crippen LogP contribution in [0.15, 0.2) is 51.0 Å². The van der Waals surface area contributed by atoms with Crippen LogP contribution in [-0.2, 0) is 10.0 Å². The lowest BCUT2D eigenvalue weighted by Crippen LogP contribution is -2.53. The van der Waals surface area contributed by atoms with Crippen LogP contribution >= 0.6 is 11.3 Å². The Bertz CT molecular complexity index is 889. The van der Waals surface area contributed by atoms with Gasteiger partial charge >= 0.3 is 0 Å². The van der Waals surface area contributed by atoms with Gasteiger partial charge in [0.25, 0.3) is 0 Å². The minimum absolute atomic E-state index is 0.308. The van der Waals surface area contributed by atoms with E-state index in [4.69, 9.17) is 0 Å². The Hall–Kier alpha value is -2.10. The van der Waals surface area contributed by atoms with Crippen LogP contribution < -0.4 is 14.9 Å². The minimum atomic E-state index is -3.42. The predicted octanol–water partition coefficient (Wildman–Crippen LogP) is 1.73. The highest BCUT2D eigenvalue weighted by Crippen LogP contribution is 2.18. The average molecular weight is 422 g/mol. The summed E-state index contributed by atoms with van der Waals surface area (Å²) in [5, 5.41) is 5.01. The molecule has 2 heterocycles. The molecule has 28 heavy (non-hydrogen) atoms. The van der Waals surface area contributed by atoms with Crippen LogP contribution in [0.3, 0.4) is 0 Å². The molecule has 2 N–H and O–H groups in total. The number of nitrogens with zero attached hydrogens (tertiary/aromatic N) is 3. The maximum absolute atomic E-state index is 12.1. The third kappa shape index (κ3) is 5.24. The molecule has 1 saturated heterocycles. The van der Waals surface area contributed by atoms with Crippen LogP contribution in [0.4, 0.5) is 5.69 Å². The Morgan fingerprint density at radius 1 is 1.14 bits per heavy atom. The van der Waals surface area contributed by atoms with Gasteiger partial charge in [-0.05, 0) is 36.1 Å². The van der Waals surface area contributed by atoms with Gasteiger partial charge in [-0.2, -0.15) is 0 Å². The topological polar surface area (TPSA) is 77.0 Å². The van der Waals surface area contributed by atoms with Crippen LogP contribution in [0.25, 0.3) is 0 Å². The largest absolute Gasteiger partial charge is 0.368 e. The maximum atomic E-state index is 12.1. The molecule has 2 aromatic rings. The summed E-state index contributed by atoms with van der Waals surface area (Å²) in [6.45, 7) is 6.49. The van der Waals surface area contributed by atoms with E-state index in [1.165, 1.54) is 22.6 Å². The van der Waals surface area contributed by atoms with Crippen molar-refractivity contribution in [3.8, 4) is 0 Å². The van der Waals surface area contributed by atoms with Crippen molar-refractivity contribution in [1.82, 2.24) is 14.9 Å². The van der Waals surface area contributed by atoms with E-state index >= 15 is 0 Å². The predicted molar refractivity (Wildman–Crippen MR) is 116 cm³/mol. The molecule has 0 spiro atoms. The number of anilines is 1. The first-order valence-electron chi connectivity index (χ1n) is 9.30. The zero-order chi connectivity index (χ0) is 20.0. The van der Waals surface area contributed by atoms with Gasteiger partial charge in [0.2, 0.25) is 10.0 Å². The number of aryl methyl sites for hydroxylation is 1. The second kappa shape index (κ2) is 9.40. The van der Waals surface area contributed by atoms with Gasteiger partial charge in [-0.1, -0.05) is 18.2 Å². The van der Waals surface area contributed by atoms with E-state index < -0.39 is 10.0 Å². The van der Waals surface area contributed by atoms with E-state index in [0.29, 0.717) is 17.3 Å². The maximum Gasteiger partial charge on any atom is 0.250 e. The molecule has 9 heteroatoms. The number of piperazine rings is 1. The average Bonchev–Trinajstić information content (AvgIpc) is 3.24. The number of sulfonamides is 1. The third-order valence-electron chi connectivity index (χ3n) is 4.62. The Balaban J connectivity index is 1.45. The SMILES string of the molecule is CN=C(NCCNS(=O)(=O)c1cccs1)N1CCN(c2cccc(C)c2)CC1. The molecule has 1 aromatic carbocycles. The van der Waals surface area contributed by atoms with Crippen molar-refractivity contribution in [2.24, 2.45) is 4.99 Å². The fourth-order valence-corrected chi connectivity index (χ4v) is 5.25. The lowest BCUT2D eigenvalue weighted by atomic mass is 10.2. The fraction of sp³-hybridized carbons (Fsp3) is 0.421. The monoisotopic (exact) mass is 421 g/mol. The molecule has 1 aliphatic rings.